The van der Waals surface area contributed by atoms with E-state index in [9.17, 15) is 4.79 Å². The number of halogens is 1. The highest BCUT2D eigenvalue weighted by Gasteiger charge is 1.99. The van der Waals surface area contributed by atoms with E-state index < -0.39 is 0 Å². The number of hydrogen-bond donors (Lipinski definition) is 1. The Balaban J connectivity index is 2.16. The van der Waals surface area contributed by atoms with E-state index in [4.69, 9.17) is 0 Å². The molecule has 0 bridgehead atoms. The number of carbonyl (C=O) groups excluding carboxylic acids is 1. The Morgan fingerprint density at radius 1 is 1.35 bits per heavy atom. The number of carbonyl (C=O) groups is 1. The molecule has 4 heteroatoms. The quantitative estimate of drug-likeness (QED) is 0.884. The zero-order valence-electron chi connectivity index (χ0n) is 9.53. The Kier molecular flexibility index (Phi) is 3.74. The molecule has 0 radical (unpaired) electrons. The van der Waals surface area contributed by atoms with Crippen LogP contribution in [0.5, 0.6) is 0 Å². The third-order valence-corrected chi connectivity index (χ3v) is 2.95. The second-order valence-corrected chi connectivity index (χ2v) is 4.71. The van der Waals surface area contributed by atoms with Crippen LogP contribution in [0.4, 0.5) is 0 Å². The number of hydrogen-bond acceptors (Lipinski definition) is 2. The molecule has 2 rings (SSSR count). The Labute approximate surface area is 108 Å². The number of nitrogens with zero attached hydrogens (tertiary/aromatic N) is 1. The van der Waals surface area contributed by atoms with Crippen LogP contribution < -0.4 is 5.32 Å². The first-order valence-corrected chi connectivity index (χ1v) is 6.24. The molecule has 0 fully saturated rings. The first kappa shape index (κ1) is 12.0. The molecule has 0 atom stereocenters. The van der Waals surface area contributed by atoms with Gasteiger partial charge >= 0.3 is 0 Å². The molecule has 3 nitrogen and oxygen atoms in total. The predicted octanol–water partition coefficient (Wildman–Crippen LogP) is 2.68. The van der Waals surface area contributed by atoms with Gasteiger partial charge in [0.1, 0.15) is 4.60 Å². The first-order valence-electron chi connectivity index (χ1n) is 5.45. The van der Waals surface area contributed by atoms with Crippen LogP contribution in [0.1, 0.15) is 12.5 Å². The van der Waals surface area contributed by atoms with Gasteiger partial charge in [-0.3, -0.25) is 4.79 Å². The maximum absolute atomic E-state index is 10.8. The lowest BCUT2D eigenvalue weighted by Gasteiger charge is -2.04. The fourth-order valence-corrected chi connectivity index (χ4v) is 2.00. The SMILES string of the molecule is CC(=O)NCCc1ccc2ccc(Br)nc2c1. The van der Waals surface area contributed by atoms with Crippen molar-refractivity contribution >= 4 is 32.7 Å². The third kappa shape index (κ3) is 3.27. The summed E-state index contributed by atoms with van der Waals surface area (Å²) in [7, 11) is 0. The number of rotatable bonds is 3. The molecule has 1 amide bonds. The normalized spacial score (nSPS) is 10.5. The van der Waals surface area contributed by atoms with Crippen LogP contribution in [0.15, 0.2) is 34.9 Å². The smallest absolute Gasteiger partial charge is 0.216 e. The lowest BCUT2D eigenvalue weighted by Crippen LogP contribution is -2.22. The van der Waals surface area contributed by atoms with Gasteiger partial charge in [-0.05, 0) is 40.0 Å². The van der Waals surface area contributed by atoms with Crippen molar-refractivity contribution in [3.63, 3.8) is 0 Å². The van der Waals surface area contributed by atoms with Crippen molar-refractivity contribution in [1.29, 1.82) is 0 Å². The number of nitrogens with one attached hydrogen (secondary N) is 1. The van der Waals surface area contributed by atoms with E-state index in [1.807, 2.05) is 12.1 Å². The van der Waals surface area contributed by atoms with E-state index in [1.54, 1.807) is 0 Å². The van der Waals surface area contributed by atoms with Crippen LogP contribution >= 0.6 is 15.9 Å². The van der Waals surface area contributed by atoms with Crippen molar-refractivity contribution in [2.24, 2.45) is 0 Å². The highest BCUT2D eigenvalue weighted by atomic mass is 79.9. The summed E-state index contributed by atoms with van der Waals surface area (Å²) in [5.41, 5.74) is 2.15. The molecule has 17 heavy (non-hydrogen) atoms. The fraction of sp³-hybridized carbons (Fsp3) is 0.231. The monoisotopic (exact) mass is 292 g/mol. The van der Waals surface area contributed by atoms with E-state index in [0.29, 0.717) is 6.54 Å². The molecule has 0 unspecified atom stereocenters. The fourth-order valence-electron chi connectivity index (χ4n) is 1.68. The van der Waals surface area contributed by atoms with Gasteiger partial charge in [0, 0.05) is 18.9 Å². The molecule has 1 aromatic heterocycles. The van der Waals surface area contributed by atoms with E-state index in [1.165, 1.54) is 12.5 Å². The van der Waals surface area contributed by atoms with Gasteiger partial charge in [0.15, 0.2) is 0 Å². The zero-order chi connectivity index (χ0) is 12.3. The number of pyridine rings is 1. The lowest BCUT2D eigenvalue weighted by molar-refractivity contribution is -0.118. The molecule has 0 aliphatic heterocycles. The van der Waals surface area contributed by atoms with E-state index >= 15 is 0 Å². The summed E-state index contributed by atoms with van der Waals surface area (Å²) < 4.78 is 0.837. The van der Waals surface area contributed by atoms with Crippen LogP contribution in [0.3, 0.4) is 0 Å². The van der Waals surface area contributed by atoms with Crippen molar-refractivity contribution in [1.82, 2.24) is 10.3 Å². The van der Waals surface area contributed by atoms with Gasteiger partial charge in [0.25, 0.3) is 0 Å². The summed E-state index contributed by atoms with van der Waals surface area (Å²) in [6.07, 6.45) is 0.823. The summed E-state index contributed by atoms with van der Waals surface area (Å²) in [5, 5.41) is 3.91. The van der Waals surface area contributed by atoms with Crippen LogP contribution in [-0.2, 0) is 11.2 Å². The van der Waals surface area contributed by atoms with Gasteiger partial charge < -0.3 is 5.32 Å². The summed E-state index contributed by atoms with van der Waals surface area (Å²) in [6, 6.07) is 10.1. The summed E-state index contributed by atoms with van der Waals surface area (Å²) >= 11 is 3.36. The van der Waals surface area contributed by atoms with Crippen LogP contribution in [-0.4, -0.2) is 17.4 Å². The van der Waals surface area contributed by atoms with Crippen molar-refractivity contribution in [3.05, 3.63) is 40.5 Å². The van der Waals surface area contributed by atoms with Crippen LogP contribution in [0.2, 0.25) is 0 Å². The van der Waals surface area contributed by atoms with Crippen molar-refractivity contribution < 1.29 is 4.79 Å². The maximum Gasteiger partial charge on any atom is 0.216 e. The van der Waals surface area contributed by atoms with E-state index in [2.05, 4.69) is 44.4 Å². The minimum atomic E-state index is 0.00617. The van der Waals surface area contributed by atoms with E-state index in [-0.39, 0.29) is 5.91 Å². The zero-order valence-corrected chi connectivity index (χ0v) is 11.1. The molecule has 1 heterocycles. The van der Waals surface area contributed by atoms with Crippen molar-refractivity contribution in [2.45, 2.75) is 13.3 Å². The molecule has 88 valence electrons. The van der Waals surface area contributed by atoms with Gasteiger partial charge in [-0.15, -0.1) is 0 Å². The standard InChI is InChI=1S/C13H13BrN2O/c1-9(17)15-7-6-10-2-3-11-4-5-13(14)16-12(11)8-10/h2-5,8H,6-7H2,1H3,(H,15,17). The molecule has 0 aliphatic rings. The summed E-state index contributed by atoms with van der Waals surface area (Å²) in [6.45, 7) is 2.19. The minimum absolute atomic E-state index is 0.00617. The number of aromatic nitrogens is 1. The van der Waals surface area contributed by atoms with Crippen molar-refractivity contribution in [3.8, 4) is 0 Å². The van der Waals surface area contributed by atoms with Crippen molar-refractivity contribution in [2.75, 3.05) is 6.54 Å². The average molecular weight is 293 g/mol. The van der Waals surface area contributed by atoms with E-state index in [0.717, 1.165) is 21.9 Å². The molecule has 1 N–H and O–H groups in total. The molecular formula is C13H13BrN2O. The molecular weight excluding hydrogens is 280 g/mol. The molecule has 0 spiro atoms. The number of benzene rings is 1. The Morgan fingerprint density at radius 2 is 2.12 bits per heavy atom. The molecule has 0 aliphatic carbocycles. The van der Waals surface area contributed by atoms with Gasteiger partial charge in [0.2, 0.25) is 5.91 Å². The summed E-state index contributed by atoms with van der Waals surface area (Å²) in [5.74, 6) is 0.00617. The van der Waals surface area contributed by atoms with Crippen LogP contribution in [0.25, 0.3) is 10.9 Å². The highest BCUT2D eigenvalue weighted by Crippen LogP contribution is 2.17. The average Bonchev–Trinajstić information content (AvgIpc) is 2.28. The topological polar surface area (TPSA) is 42.0 Å². The Hall–Kier alpha value is -1.42. The number of fused-ring (bicyclic) bond motifs is 1. The molecule has 0 saturated carbocycles. The first-order chi connectivity index (χ1) is 8.15. The molecule has 1 aromatic carbocycles. The van der Waals surface area contributed by atoms with Gasteiger partial charge in [-0.1, -0.05) is 18.2 Å². The van der Waals surface area contributed by atoms with Gasteiger partial charge in [-0.2, -0.15) is 0 Å². The second-order valence-electron chi connectivity index (χ2n) is 3.89. The third-order valence-electron chi connectivity index (χ3n) is 2.51. The summed E-state index contributed by atoms with van der Waals surface area (Å²) in [4.78, 5) is 15.2. The lowest BCUT2D eigenvalue weighted by atomic mass is 10.1. The van der Waals surface area contributed by atoms with Gasteiger partial charge in [-0.25, -0.2) is 4.98 Å². The largest absolute Gasteiger partial charge is 0.356 e. The Morgan fingerprint density at radius 3 is 2.88 bits per heavy atom. The predicted molar refractivity (Wildman–Crippen MR) is 71.8 cm³/mol. The van der Waals surface area contributed by atoms with Gasteiger partial charge in [0.05, 0.1) is 5.52 Å². The highest BCUT2D eigenvalue weighted by molar-refractivity contribution is 9.10. The number of amides is 1. The van der Waals surface area contributed by atoms with Crippen LogP contribution in [0, 0.1) is 0 Å². The minimum Gasteiger partial charge on any atom is -0.356 e. The molecule has 0 saturated heterocycles. The maximum atomic E-state index is 10.8. The second kappa shape index (κ2) is 5.27. The Bertz CT molecular complexity index is 554. The molecule has 2 aromatic rings.